The van der Waals surface area contributed by atoms with Gasteiger partial charge in [-0.15, -0.1) is 0 Å². The highest BCUT2D eigenvalue weighted by Gasteiger charge is 2.06. The van der Waals surface area contributed by atoms with Crippen molar-refractivity contribution in [2.75, 3.05) is 5.32 Å². The van der Waals surface area contributed by atoms with Gasteiger partial charge in [0, 0.05) is 22.5 Å². The van der Waals surface area contributed by atoms with E-state index in [4.69, 9.17) is 23.7 Å². The number of rotatable bonds is 4. The number of benzene rings is 2. The van der Waals surface area contributed by atoms with E-state index in [9.17, 15) is 4.79 Å². The number of nitrogens with one attached hydrogen (secondary N) is 1. The van der Waals surface area contributed by atoms with Crippen LogP contribution in [0.15, 0.2) is 42.5 Å². The van der Waals surface area contributed by atoms with Gasteiger partial charge in [0.1, 0.15) is 4.99 Å². The summed E-state index contributed by atoms with van der Waals surface area (Å²) in [4.78, 5) is 11.4. The lowest BCUT2D eigenvalue weighted by molar-refractivity contribution is 0.100. The van der Waals surface area contributed by atoms with E-state index in [2.05, 4.69) is 5.32 Å². The molecule has 1 amide bonds. The Bertz CT molecular complexity index is 665. The molecule has 0 saturated carbocycles. The maximum atomic E-state index is 11.0. The number of nitrogens with two attached hydrogens (primary N) is 2. The number of carbonyl (C=O) groups is 1. The summed E-state index contributed by atoms with van der Waals surface area (Å²) in [7, 11) is 0. The van der Waals surface area contributed by atoms with Gasteiger partial charge in [-0.3, -0.25) is 4.79 Å². The van der Waals surface area contributed by atoms with Gasteiger partial charge in [-0.25, -0.2) is 0 Å². The van der Waals surface area contributed by atoms with Crippen LogP contribution in [0, 0.1) is 6.92 Å². The van der Waals surface area contributed by atoms with Crippen LogP contribution in [0.25, 0.3) is 0 Å². The zero-order chi connectivity index (χ0) is 14.7. The Hall–Kier alpha value is -2.40. The highest BCUT2D eigenvalue weighted by molar-refractivity contribution is 7.80. The molecular formula is C15H15N3OS. The number of aryl methyl sites for hydroxylation is 1. The molecule has 0 bridgehead atoms. The van der Waals surface area contributed by atoms with Crippen molar-refractivity contribution >= 4 is 34.5 Å². The van der Waals surface area contributed by atoms with E-state index in [0.29, 0.717) is 10.6 Å². The number of hydrogen-bond donors (Lipinski definition) is 3. The molecule has 0 spiro atoms. The van der Waals surface area contributed by atoms with E-state index in [1.165, 1.54) is 0 Å². The Kier molecular flexibility index (Phi) is 4.00. The fourth-order valence-corrected chi connectivity index (χ4v) is 2.03. The van der Waals surface area contributed by atoms with Crippen LogP contribution < -0.4 is 16.8 Å². The predicted octanol–water partition coefficient (Wildman–Crippen LogP) is 2.47. The van der Waals surface area contributed by atoms with Crippen molar-refractivity contribution in [1.29, 1.82) is 0 Å². The van der Waals surface area contributed by atoms with Gasteiger partial charge in [0.05, 0.1) is 0 Å². The Morgan fingerprint density at radius 1 is 1.10 bits per heavy atom. The van der Waals surface area contributed by atoms with Crippen molar-refractivity contribution in [3.05, 3.63) is 59.2 Å². The van der Waals surface area contributed by atoms with Gasteiger partial charge in [0.25, 0.3) is 0 Å². The van der Waals surface area contributed by atoms with E-state index < -0.39 is 5.91 Å². The second-order valence-electron chi connectivity index (χ2n) is 4.48. The Balaban J connectivity index is 2.31. The van der Waals surface area contributed by atoms with E-state index >= 15 is 0 Å². The van der Waals surface area contributed by atoms with Gasteiger partial charge in [0.2, 0.25) is 5.91 Å². The van der Waals surface area contributed by atoms with Crippen molar-refractivity contribution in [3.63, 3.8) is 0 Å². The lowest BCUT2D eigenvalue weighted by Crippen LogP contribution is -2.12. The summed E-state index contributed by atoms with van der Waals surface area (Å²) >= 11 is 5.04. The summed E-state index contributed by atoms with van der Waals surface area (Å²) in [6.45, 7) is 1.99. The first-order chi connectivity index (χ1) is 9.47. The normalized spacial score (nSPS) is 10.1. The van der Waals surface area contributed by atoms with Crippen LogP contribution in [0.4, 0.5) is 11.4 Å². The fraction of sp³-hybridized carbons (Fsp3) is 0.0667. The number of thiocarbonyl (C=S) groups is 1. The second kappa shape index (κ2) is 5.71. The van der Waals surface area contributed by atoms with E-state index in [1.54, 1.807) is 24.3 Å². The van der Waals surface area contributed by atoms with Crippen molar-refractivity contribution in [3.8, 4) is 0 Å². The molecule has 5 N–H and O–H groups in total. The molecule has 102 valence electrons. The van der Waals surface area contributed by atoms with Crippen LogP contribution in [-0.4, -0.2) is 10.9 Å². The smallest absolute Gasteiger partial charge is 0.248 e. The summed E-state index contributed by atoms with van der Waals surface area (Å²) in [5.74, 6) is -0.448. The van der Waals surface area contributed by atoms with E-state index in [0.717, 1.165) is 22.5 Å². The average molecular weight is 285 g/mol. The molecule has 0 heterocycles. The fourth-order valence-electron chi connectivity index (χ4n) is 1.85. The Morgan fingerprint density at radius 3 is 2.30 bits per heavy atom. The molecular weight excluding hydrogens is 270 g/mol. The summed E-state index contributed by atoms with van der Waals surface area (Å²) in [5, 5.41) is 3.24. The highest BCUT2D eigenvalue weighted by Crippen LogP contribution is 2.22. The van der Waals surface area contributed by atoms with E-state index in [1.807, 2.05) is 25.1 Å². The molecule has 20 heavy (non-hydrogen) atoms. The monoisotopic (exact) mass is 285 g/mol. The molecule has 0 atom stereocenters. The van der Waals surface area contributed by atoms with Crippen LogP contribution in [0.2, 0.25) is 0 Å². The zero-order valence-corrected chi connectivity index (χ0v) is 11.8. The minimum atomic E-state index is -0.448. The first-order valence-electron chi connectivity index (χ1n) is 6.04. The van der Waals surface area contributed by atoms with Gasteiger partial charge in [-0.05, 0) is 48.9 Å². The standard InChI is InChI=1S/C15H15N3OS/c1-9-2-7-12(15(17)20)13(8-9)18-11-5-3-10(4-6-11)14(16)19/h2-8,18H,1H3,(H2,16,19)(H2,17,20). The third kappa shape index (κ3) is 3.13. The van der Waals surface area contributed by atoms with Crippen LogP contribution in [0.3, 0.4) is 0 Å². The topological polar surface area (TPSA) is 81.1 Å². The Labute approximate surface area is 122 Å². The van der Waals surface area contributed by atoms with Crippen LogP contribution >= 0.6 is 12.2 Å². The van der Waals surface area contributed by atoms with Gasteiger partial charge >= 0.3 is 0 Å². The van der Waals surface area contributed by atoms with Gasteiger partial charge < -0.3 is 16.8 Å². The van der Waals surface area contributed by atoms with Gasteiger partial charge in [-0.2, -0.15) is 0 Å². The van der Waals surface area contributed by atoms with Crippen LogP contribution in [-0.2, 0) is 0 Å². The third-order valence-electron chi connectivity index (χ3n) is 2.89. The summed E-state index contributed by atoms with van der Waals surface area (Å²) in [6, 6.07) is 12.7. The predicted molar refractivity (Wildman–Crippen MR) is 85.3 cm³/mol. The van der Waals surface area contributed by atoms with Crippen molar-refractivity contribution < 1.29 is 4.79 Å². The maximum absolute atomic E-state index is 11.0. The maximum Gasteiger partial charge on any atom is 0.248 e. The molecule has 5 heteroatoms. The minimum absolute atomic E-state index is 0.334. The summed E-state index contributed by atoms with van der Waals surface area (Å²) in [6.07, 6.45) is 0. The molecule has 4 nitrogen and oxygen atoms in total. The molecule has 0 fully saturated rings. The number of anilines is 2. The number of carbonyl (C=O) groups excluding carboxylic acids is 1. The molecule has 0 aliphatic heterocycles. The lowest BCUT2D eigenvalue weighted by Gasteiger charge is -2.12. The average Bonchev–Trinajstić information content (AvgIpc) is 2.39. The first-order valence-corrected chi connectivity index (χ1v) is 6.45. The molecule has 0 aromatic heterocycles. The summed E-state index contributed by atoms with van der Waals surface area (Å²) in [5.41, 5.74) is 14.9. The van der Waals surface area contributed by atoms with Crippen LogP contribution in [0.5, 0.6) is 0 Å². The number of amides is 1. The lowest BCUT2D eigenvalue weighted by atomic mass is 10.1. The van der Waals surface area contributed by atoms with E-state index in [-0.39, 0.29) is 0 Å². The van der Waals surface area contributed by atoms with Crippen molar-refractivity contribution in [1.82, 2.24) is 0 Å². The van der Waals surface area contributed by atoms with Crippen molar-refractivity contribution in [2.45, 2.75) is 6.92 Å². The molecule has 2 rings (SSSR count). The Morgan fingerprint density at radius 2 is 1.75 bits per heavy atom. The summed E-state index contributed by atoms with van der Waals surface area (Å²) < 4.78 is 0. The van der Waals surface area contributed by atoms with Crippen molar-refractivity contribution in [2.24, 2.45) is 11.5 Å². The quantitative estimate of drug-likeness (QED) is 0.754. The zero-order valence-electron chi connectivity index (χ0n) is 11.0. The minimum Gasteiger partial charge on any atom is -0.389 e. The van der Waals surface area contributed by atoms with Gasteiger partial charge in [-0.1, -0.05) is 18.3 Å². The molecule has 2 aromatic carbocycles. The molecule has 2 aromatic rings. The molecule has 0 aliphatic carbocycles. The highest BCUT2D eigenvalue weighted by atomic mass is 32.1. The molecule has 0 radical (unpaired) electrons. The largest absolute Gasteiger partial charge is 0.389 e. The third-order valence-corrected chi connectivity index (χ3v) is 3.11. The second-order valence-corrected chi connectivity index (χ2v) is 4.92. The first kappa shape index (κ1) is 14.0. The molecule has 0 aliphatic rings. The molecule has 0 unspecified atom stereocenters. The number of primary amides is 1. The molecule has 0 saturated heterocycles. The van der Waals surface area contributed by atoms with Gasteiger partial charge in [0.15, 0.2) is 0 Å². The SMILES string of the molecule is Cc1ccc(C(N)=S)c(Nc2ccc(C(N)=O)cc2)c1. The number of hydrogen-bond acceptors (Lipinski definition) is 3. The van der Waals surface area contributed by atoms with Crippen LogP contribution in [0.1, 0.15) is 21.5 Å².